The second-order valence-corrected chi connectivity index (χ2v) is 4.95. The standard InChI is InChI=1S/C9H14O2.C2H6/c1-7-3-8(2,4-7)11-9(7)5-10-6-9;1-2/h3-6H2,1-2H3;1-2H3. The van der Waals surface area contributed by atoms with E-state index in [9.17, 15) is 0 Å². The second-order valence-electron chi connectivity index (χ2n) is 4.95. The molecule has 0 radical (unpaired) electrons. The zero-order valence-corrected chi connectivity index (χ0v) is 9.14. The van der Waals surface area contributed by atoms with Gasteiger partial charge < -0.3 is 9.47 Å². The molecule has 0 unspecified atom stereocenters. The third-order valence-electron chi connectivity index (χ3n) is 3.74. The molecule has 3 saturated heterocycles. The first-order chi connectivity index (χ1) is 6.08. The van der Waals surface area contributed by atoms with Crippen molar-refractivity contribution in [1.82, 2.24) is 0 Å². The first-order valence-electron chi connectivity index (χ1n) is 5.36. The number of ether oxygens (including phenoxy) is 2. The lowest BCUT2D eigenvalue weighted by molar-refractivity contribution is -0.211. The van der Waals surface area contributed by atoms with Crippen LogP contribution in [0.2, 0.25) is 0 Å². The van der Waals surface area contributed by atoms with Crippen LogP contribution in [0.5, 0.6) is 0 Å². The molecule has 2 heteroatoms. The summed E-state index contributed by atoms with van der Waals surface area (Å²) in [6.45, 7) is 10.2. The average Bonchev–Trinajstić information content (AvgIpc) is 2.34. The minimum absolute atomic E-state index is 0.127. The molecule has 3 heterocycles. The van der Waals surface area contributed by atoms with Gasteiger partial charge in [0, 0.05) is 5.41 Å². The summed E-state index contributed by atoms with van der Waals surface area (Å²) in [5, 5.41) is 0. The normalized spacial score (nSPS) is 48.9. The van der Waals surface area contributed by atoms with Gasteiger partial charge in [-0.1, -0.05) is 20.8 Å². The van der Waals surface area contributed by atoms with Crippen molar-refractivity contribution in [3.05, 3.63) is 0 Å². The van der Waals surface area contributed by atoms with E-state index in [-0.39, 0.29) is 11.2 Å². The largest absolute Gasteiger partial charge is 0.375 e. The summed E-state index contributed by atoms with van der Waals surface area (Å²) in [5.74, 6) is 0. The highest BCUT2D eigenvalue weighted by atomic mass is 16.6. The first-order valence-corrected chi connectivity index (χ1v) is 5.36. The Morgan fingerprint density at radius 1 is 1.00 bits per heavy atom. The molecule has 76 valence electrons. The summed E-state index contributed by atoms with van der Waals surface area (Å²) in [7, 11) is 0. The lowest BCUT2D eigenvalue weighted by Crippen LogP contribution is -2.57. The van der Waals surface area contributed by atoms with Crippen LogP contribution in [0.1, 0.15) is 40.5 Å². The maximum Gasteiger partial charge on any atom is 0.121 e. The van der Waals surface area contributed by atoms with E-state index < -0.39 is 0 Å². The Bertz CT molecular complexity index is 212. The predicted molar refractivity (Wildman–Crippen MR) is 51.7 cm³/mol. The minimum atomic E-state index is 0.127. The van der Waals surface area contributed by atoms with Gasteiger partial charge in [0.05, 0.1) is 18.8 Å². The zero-order chi connectivity index (χ0) is 9.74. The van der Waals surface area contributed by atoms with Crippen molar-refractivity contribution in [3.63, 3.8) is 0 Å². The Balaban J connectivity index is 0.000000308. The van der Waals surface area contributed by atoms with Crippen molar-refractivity contribution < 1.29 is 9.47 Å². The van der Waals surface area contributed by atoms with Crippen LogP contribution in [-0.4, -0.2) is 24.4 Å². The molecule has 4 rings (SSSR count). The SMILES string of the molecule is CC.CC12CC(C)(C1)C1(COC1)O2. The van der Waals surface area contributed by atoms with Crippen LogP contribution < -0.4 is 0 Å². The summed E-state index contributed by atoms with van der Waals surface area (Å²) >= 11 is 0. The third-order valence-corrected chi connectivity index (χ3v) is 3.74. The van der Waals surface area contributed by atoms with Crippen LogP contribution in [0.15, 0.2) is 0 Å². The maximum absolute atomic E-state index is 6.02. The van der Waals surface area contributed by atoms with Gasteiger partial charge in [0.2, 0.25) is 0 Å². The van der Waals surface area contributed by atoms with E-state index in [0.29, 0.717) is 5.41 Å². The fourth-order valence-corrected chi connectivity index (χ4v) is 3.28. The van der Waals surface area contributed by atoms with Crippen LogP contribution in [0, 0.1) is 5.41 Å². The maximum atomic E-state index is 6.02. The highest BCUT2D eigenvalue weighted by molar-refractivity contribution is 5.21. The highest BCUT2D eigenvalue weighted by Gasteiger charge is 2.73. The highest BCUT2D eigenvalue weighted by Crippen LogP contribution is 2.68. The fourth-order valence-electron chi connectivity index (χ4n) is 3.28. The Hall–Kier alpha value is -0.0800. The summed E-state index contributed by atoms with van der Waals surface area (Å²) < 4.78 is 11.3. The summed E-state index contributed by atoms with van der Waals surface area (Å²) in [4.78, 5) is 0. The van der Waals surface area contributed by atoms with Crippen molar-refractivity contribution in [2.24, 2.45) is 5.41 Å². The van der Waals surface area contributed by atoms with Crippen molar-refractivity contribution in [2.45, 2.75) is 51.7 Å². The molecule has 3 aliphatic heterocycles. The van der Waals surface area contributed by atoms with E-state index in [1.807, 2.05) is 13.8 Å². The lowest BCUT2D eigenvalue weighted by Gasteiger charge is -2.48. The van der Waals surface area contributed by atoms with Gasteiger partial charge in [-0.2, -0.15) is 0 Å². The molecule has 4 aliphatic rings. The zero-order valence-electron chi connectivity index (χ0n) is 9.14. The van der Waals surface area contributed by atoms with Crippen molar-refractivity contribution >= 4 is 0 Å². The number of rotatable bonds is 0. The Morgan fingerprint density at radius 3 is 1.69 bits per heavy atom. The minimum Gasteiger partial charge on any atom is -0.375 e. The van der Waals surface area contributed by atoms with E-state index in [2.05, 4.69) is 13.8 Å². The summed E-state index contributed by atoms with van der Waals surface area (Å²) in [6.07, 6.45) is 2.48. The number of hydrogen-bond donors (Lipinski definition) is 0. The van der Waals surface area contributed by atoms with Gasteiger partial charge >= 0.3 is 0 Å². The van der Waals surface area contributed by atoms with Crippen LogP contribution in [0.25, 0.3) is 0 Å². The van der Waals surface area contributed by atoms with Gasteiger partial charge in [-0.3, -0.25) is 0 Å². The van der Waals surface area contributed by atoms with Gasteiger partial charge in [0.15, 0.2) is 0 Å². The molecule has 1 aliphatic carbocycles. The molecular formula is C11H20O2. The third kappa shape index (κ3) is 0.962. The van der Waals surface area contributed by atoms with Gasteiger partial charge in [-0.25, -0.2) is 0 Å². The fraction of sp³-hybridized carbons (Fsp3) is 1.00. The molecule has 0 aromatic heterocycles. The Kier molecular flexibility index (Phi) is 1.81. The smallest absolute Gasteiger partial charge is 0.121 e. The van der Waals surface area contributed by atoms with Crippen molar-refractivity contribution in [3.8, 4) is 0 Å². The van der Waals surface area contributed by atoms with E-state index >= 15 is 0 Å². The van der Waals surface area contributed by atoms with E-state index in [0.717, 1.165) is 13.2 Å². The molecule has 4 fully saturated rings. The van der Waals surface area contributed by atoms with Crippen LogP contribution in [0.4, 0.5) is 0 Å². The summed E-state index contributed by atoms with van der Waals surface area (Å²) in [5.41, 5.74) is 0.778. The monoisotopic (exact) mass is 184 g/mol. The van der Waals surface area contributed by atoms with E-state index in [1.165, 1.54) is 12.8 Å². The van der Waals surface area contributed by atoms with E-state index in [1.54, 1.807) is 0 Å². The van der Waals surface area contributed by atoms with Gasteiger partial charge in [0.25, 0.3) is 0 Å². The lowest BCUT2D eigenvalue weighted by atomic mass is 9.57. The molecule has 1 spiro atoms. The molecule has 2 bridgehead atoms. The van der Waals surface area contributed by atoms with Gasteiger partial charge in [0.1, 0.15) is 5.60 Å². The van der Waals surface area contributed by atoms with Crippen LogP contribution >= 0.6 is 0 Å². The first kappa shape index (κ1) is 9.47. The van der Waals surface area contributed by atoms with E-state index in [4.69, 9.17) is 9.47 Å². The molecule has 0 atom stereocenters. The molecule has 0 aromatic carbocycles. The topological polar surface area (TPSA) is 18.5 Å². The Morgan fingerprint density at radius 2 is 1.54 bits per heavy atom. The molecule has 13 heavy (non-hydrogen) atoms. The molecular weight excluding hydrogens is 164 g/mol. The molecule has 0 N–H and O–H groups in total. The summed E-state index contributed by atoms with van der Waals surface area (Å²) in [6, 6.07) is 0. The molecule has 0 amide bonds. The predicted octanol–water partition coefficient (Wildman–Crippen LogP) is 2.37. The molecule has 0 aromatic rings. The van der Waals surface area contributed by atoms with Gasteiger partial charge in [-0.05, 0) is 19.8 Å². The Labute approximate surface area is 80.6 Å². The van der Waals surface area contributed by atoms with Crippen molar-refractivity contribution in [1.29, 1.82) is 0 Å². The van der Waals surface area contributed by atoms with Crippen LogP contribution in [0.3, 0.4) is 0 Å². The average molecular weight is 184 g/mol. The number of hydrogen-bond acceptors (Lipinski definition) is 2. The second kappa shape index (κ2) is 2.48. The molecule has 2 nitrogen and oxygen atoms in total. The molecule has 1 saturated carbocycles. The van der Waals surface area contributed by atoms with Crippen LogP contribution in [-0.2, 0) is 9.47 Å². The quantitative estimate of drug-likeness (QED) is 0.575. The van der Waals surface area contributed by atoms with Gasteiger partial charge in [-0.15, -0.1) is 0 Å². The van der Waals surface area contributed by atoms with Crippen molar-refractivity contribution in [2.75, 3.05) is 13.2 Å².